The van der Waals surface area contributed by atoms with Crippen molar-refractivity contribution in [3.05, 3.63) is 21.7 Å². The number of fused-ring (bicyclic) bond motifs is 1. The van der Waals surface area contributed by atoms with Gasteiger partial charge in [0, 0.05) is 16.0 Å². The molecule has 2 aliphatic heterocycles. The number of nitrogen functional groups attached to an aromatic ring is 1. The van der Waals surface area contributed by atoms with Gasteiger partial charge in [-0.1, -0.05) is 11.1 Å². The number of β-lactam (4-membered cyclic amide) rings is 1. The number of terminal acetylenes is 1. The van der Waals surface area contributed by atoms with Gasteiger partial charge in [0.25, 0.3) is 11.8 Å². The number of thiazole rings is 1. The molecule has 5 N–H and O–H groups in total. The molecule has 29 heavy (non-hydrogen) atoms. The van der Waals surface area contributed by atoms with Crippen molar-refractivity contribution in [1.29, 1.82) is 0 Å². The van der Waals surface area contributed by atoms with E-state index in [9.17, 15) is 19.5 Å². The molecule has 14 heteroatoms. The van der Waals surface area contributed by atoms with E-state index < -0.39 is 29.2 Å². The van der Waals surface area contributed by atoms with Crippen molar-refractivity contribution in [2.45, 2.75) is 11.4 Å². The third kappa shape index (κ3) is 4.57. The summed E-state index contributed by atoms with van der Waals surface area (Å²) in [5.41, 5.74) is 5.07. The predicted octanol–water partition coefficient (Wildman–Crippen LogP) is -0.682. The van der Waals surface area contributed by atoms with Crippen LogP contribution in [0.4, 0.5) is 5.13 Å². The van der Waals surface area contributed by atoms with Gasteiger partial charge in [0.15, 0.2) is 10.8 Å². The van der Waals surface area contributed by atoms with Crippen LogP contribution in [0.15, 0.2) is 21.1 Å². The second kappa shape index (κ2) is 9.88. The zero-order valence-corrected chi connectivity index (χ0v) is 16.4. The number of anilines is 1. The van der Waals surface area contributed by atoms with Crippen LogP contribution in [0.25, 0.3) is 0 Å². The Morgan fingerprint density at radius 1 is 1.55 bits per heavy atom. The number of carbonyl (C=O) groups is 3. The molecule has 1 aromatic heterocycles. The summed E-state index contributed by atoms with van der Waals surface area (Å²) < 4.78 is 0. The quantitative estimate of drug-likeness (QED) is 0.107. The average molecular weight is 463 g/mol. The van der Waals surface area contributed by atoms with Gasteiger partial charge in [-0.05, 0) is 0 Å². The van der Waals surface area contributed by atoms with E-state index >= 15 is 0 Å². The molecule has 10 nitrogen and oxygen atoms in total. The van der Waals surface area contributed by atoms with Crippen molar-refractivity contribution in [2.24, 2.45) is 5.16 Å². The Balaban J connectivity index is 0.00000300. The molecule has 0 spiro atoms. The Bertz CT molecular complexity index is 956. The fourth-order valence-electron chi connectivity index (χ4n) is 2.65. The van der Waals surface area contributed by atoms with Crippen LogP contribution in [-0.2, 0) is 14.4 Å². The van der Waals surface area contributed by atoms with E-state index in [0.29, 0.717) is 10.7 Å². The zero-order valence-electron chi connectivity index (χ0n) is 14.0. The third-order valence-corrected chi connectivity index (χ3v) is 6.97. The van der Waals surface area contributed by atoms with Gasteiger partial charge in [-0.25, -0.2) is 9.78 Å². The van der Waals surface area contributed by atoms with E-state index in [1.165, 1.54) is 28.9 Å². The molecule has 3 heterocycles. The minimum atomic E-state index is -1.24. The number of carbonyl (C=O) groups excluding carboxylic acids is 2. The van der Waals surface area contributed by atoms with E-state index in [4.69, 9.17) is 17.4 Å². The first-order chi connectivity index (χ1) is 13.4. The molecule has 2 amide bonds. The van der Waals surface area contributed by atoms with E-state index in [1.807, 2.05) is 0 Å². The molecule has 0 saturated carbocycles. The number of carboxylic acid groups (broad SMARTS) is 1. The summed E-state index contributed by atoms with van der Waals surface area (Å²) in [7, 11) is 0. The van der Waals surface area contributed by atoms with Crippen molar-refractivity contribution in [1.82, 2.24) is 15.2 Å². The Hall–Kier alpha value is -1.69. The SMILES string of the molecule is C#CCSC1=C(C(=O)O)N2C(=O)[C@@H](NC(=O)/C(=N\O)c3csc(N)n3)[C@H]2SC1.[NaH]. The summed E-state index contributed by atoms with van der Waals surface area (Å²) in [5, 5.41) is 25.1. The number of rotatable bonds is 6. The van der Waals surface area contributed by atoms with E-state index in [2.05, 4.69) is 21.4 Å². The molecule has 1 fully saturated rings. The van der Waals surface area contributed by atoms with Crippen molar-refractivity contribution in [3.63, 3.8) is 0 Å². The summed E-state index contributed by atoms with van der Waals surface area (Å²) in [5.74, 6) is 0.417. The number of nitrogens with one attached hydrogen (secondary N) is 1. The summed E-state index contributed by atoms with van der Waals surface area (Å²) >= 11 is 3.56. The maximum absolute atomic E-state index is 12.5. The van der Waals surface area contributed by atoms with Crippen LogP contribution in [0.3, 0.4) is 0 Å². The molecule has 0 unspecified atom stereocenters. The summed E-state index contributed by atoms with van der Waals surface area (Å²) in [6.45, 7) is 0. The number of nitrogens with zero attached hydrogens (tertiary/aromatic N) is 3. The number of hydrogen-bond donors (Lipinski definition) is 4. The number of carboxylic acids is 1. The molecule has 0 aliphatic carbocycles. The Morgan fingerprint density at radius 2 is 2.28 bits per heavy atom. The number of thioether (sulfide) groups is 2. The van der Waals surface area contributed by atoms with Crippen molar-refractivity contribution < 1.29 is 24.7 Å². The van der Waals surface area contributed by atoms with Crippen LogP contribution in [0.1, 0.15) is 5.69 Å². The normalized spacial score (nSPS) is 20.9. The third-order valence-electron chi connectivity index (χ3n) is 3.83. The van der Waals surface area contributed by atoms with Gasteiger partial charge in [0.05, 0.1) is 5.75 Å². The number of aromatic nitrogens is 1. The predicted molar refractivity (Wildman–Crippen MR) is 113 cm³/mol. The molecule has 0 bridgehead atoms. The summed E-state index contributed by atoms with van der Waals surface area (Å²) in [6, 6.07) is -0.959. The standard InChI is InChI=1S/C15H13N5O5S3.Na.H/c1-2-3-26-7-5-27-13-9(12(22)20(13)10(7)14(23)24)18-11(21)8(19-25)6-4-28-15(16)17-6;;/h1,4,9,13,25H,3,5H2,(H2,16,17)(H,18,21)(H,23,24);;/b19-8-;;/t9-,13-;;/m1../s1. The molecule has 148 valence electrons. The first-order valence-electron chi connectivity index (χ1n) is 7.60. The van der Waals surface area contributed by atoms with Gasteiger partial charge >= 0.3 is 35.5 Å². The van der Waals surface area contributed by atoms with E-state index in [-0.39, 0.29) is 57.5 Å². The van der Waals surface area contributed by atoms with Crippen LogP contribution < -0.4 is 11.1 Å². The summed E-state index contributed by atoms with van der Waals surface area (Å²) in [6.07, 6.45) is 5.22. The van der Waals surface area contributed by atoms with Crippen LogP contribution in [-0.4, -0.2) is 96.2 Å². The molecule has 1 saturated heterocycles. The van der Waals surface area contributed by atoms with E-state index in [0.717, 1.165) is 16.2 Å². The number of amides is 2. The molecule has 2 aliphatic rings. The van der Waals surface area contributed by atoms with Crippen LogP contribution in [0.5, 0.6) is 0 Å². The first-order valence-corrected chi connectivity index (χ1v) is 10.5. The minimum absolute atomic E-state index is 0. The van der Waals surface area contributed by atoms with Crippen molar-refractivity contribution >= 4 is 93.0 Å². The fraction of sp³-hybridized carbons (Fsp3) is 0.267. The van der Waals surface area contributed by atoms with Gasteiger partial charge in [-0.15, -0.1) is 41.3 Å². The number of hydrogen-bond acceptors (Lipinski definition) is 10. The number of oxime groups is 1. The fourth-order valence-corrected chi connectivity index (χ4v) is 5.51. The van der Waals surface area contributed by atoms with Crippen LogP contribution >= 0.6 is 34.9 Å². The van der Waals surface area contributed by atoms with Gasteiger partial charge in [-0.2, -0.15) is 0 Å². The van der Waals surface area contributed by atoms with Crippen LogP contribution in [0, 0.1) is 12.3 Å². The molecule has 3 rings (SSSR count). The Kier molecular flexibility index (Phi) is 8.03. The van der Waals surface area contributed by atoms with Gasteiger partial charge in [0.1, 0.15) is 22.8 Å². The average Bonchev–Trinajstić information content (AvgIpc) is 3.09. The van der Waals surface area contributed by atoms with Crippen molar-refractivity contribution in [2.75, 3.05) is 17.2 Å². The Labute approximate surface area is 199 Å². The van der Waals surface area contributed by atoms with Crippen LogP contribution in [0.2, 0.25) is 0 Å². The monoisotopic (exact) mass is 463 g/mol. The van der Waals surface area contributed by atoms with Gasteiger partial charge in [0.2, 0.25) is 0 Å². The molecular weight excluding hydrogens is 449 g/mol. The van der Waals surface area contributed by atoms with Gasteiger partial charge < -0.3 is 21.4 Å². The Morgan fingerprint density at radius 3 is 2.83 bits per heavy atom. The maximum atomic E-state index is 12.5. The summed E-state index contributed by atoms with van der Waals surface area (Å²) in [4.78, 5) is 42.1. The van der Waals surface area contributed by atoms with Gasteiger partial charge in [-0.3, -0.25) is 14.5 Å². The number of aliphatic carboxylic acids is 1. The van der Waals surface area contributed by atoms with Crippen molar-refractivity contribution in [3.8, 4) is 12.3 Å². The molecule has 1 aromatic rings. The first kappa shape index (κ1) is 23.6. The molecule has 2 atom stereocenters. The second-order valence-corrected chi connectivity index (χ2v) is 8.52. The molecular formula is C15H14N5NaO5S3. The number of nitrogens with two attached hydrogens (primary N) is 1. The molecule has 0 aromatic carbocycles. The topological polar surface area (TPSA) is 158 Å². The zero-order chi connectivity index (χ0) is 20.4. The second-order valence-electron chi connectivity index (χ2n) is 5.45. The van der Waals surface area contributed by atoms with E-state index in [1.54, 1.807) is 0 Å². The molecule has 0 radical (unpaired) electrons.